The van der Waals surface area contributed by atoms with Gasteiger partial charge in [-0.2, -0.15) is 4.73 Å². The largest absolute Gasteiger partial charge is 0.412 e. The highest BCUT2D eigenvalue weighted by molar-refractivity contribution is 5.75. The van der Waals surface area contributed by atoms with Crippen LogP contribution in [-0.2, 0) is 6.42 Å². The van der Waals surface area contributed by atoms with Crippen LogP contribution in [-0.4, -0.2) is 16.3 Å². The van der Waals surface area contributed by atoms with E-state index in [9.17, 15) is 0 Å². The molecule has 3 heteroatoms. The van der Waals surface area contributed by atoms with Crippen LogP contribution in [0.3, 0.4) is 0 Å². The molecule has 0 saturated heterocycles. The summed E-state index contributed by atoms with van der Waals surface area (Å²) in [4.78, 5) is 10.4. The quantitative estimate of drug-likeness (QED) is 0.660. The number of unbranched alkanes of at least 4 members (excludes halogenated alkanes) is 1. The third-order valence-corrected chi connectivity index (χ3v) is 3.85. The molecule has 0 atom stereocenters. The van der Waals surface area contributed by atoms with Crippen molar-refractivity contribution in [2.75, 3.05) is 6.61 Å². The van der Waals surface area contributed by atoms with Crippen molar-refractivity contribution in [1.82, 2.24) is 9.71 Å². The number of aryl methyl sites for hydroxylation is 1. The maximum absolute atomic E-state index is 5.93. The van der Waals surface area contributed by atoms with Gasteiger partial charge in [0.15, 0.2) is 0 Å². The number of hydrogen-bond donors (Lipinski definition) is 0. The Bertz CT molecular complexity index is 866. The Morgan fingerprint density at radius 3 is 2.67 bits per heavy atom. The maximum Gasteiger partial charge on any atom is 0.143 e. The number of rotatable bonds is 5. The first kappa shape index (κ1) is 16.1. The Kier molecular flexibility index (Phi) is 5.18. The van der Waals surface area contributed by atoms with Crippen molar-refractivity contribution in [2.24, 2.45) is 0 Å². The molecule has 122 valence electrons. The standard InChI is InChI=1S/C21H22N2O/c1-3-4-5-8-18-11-13-19(14-12-18)15-16-24-23-17(2)22-20-9-6-7-10-21(20)23/h6-7,9-14H,3-4,15-16H2,1-2H3. The first-order chi connectivity index (χ1) is 11.8. The van der Waals surface area contributed by atoms with Crippen LogP contribution in [0.1, 0.15) is 36.7 Å². The lowest BCUT2D eigenvalue weighted by atomic mass is 10.1. The van der Waals surface area contributed by atoms with E-state index in [2.05, 4.69) is 48.0 Å². The van der Waals surface area contributed by atoms with Crippen LogP contribution in [0.4, 0.5) is 0 Å². The second kappa shape index (κ2) is 7.70. The zero-order chi connectivity index (χ0) is 16.8. The average molecular weight is 318 g/mol. The van der Waals surface area contributed by atoms with Gasteiger partial charge >= 0.3 is 0 Å². The van der Waals surface area contributed by atoms with Gasteiger partial charge in [0.25, 0.3) is 0 Å². The molecule has 0 aliphatic carbocycles. The van der Waals surface area contributed by atoms with E-state index in [0.29, 0.717) is 6.61 Å². The van der Waals surface area contributed by atoms with E-state index >= 15 is 0 Å². The minimum Gasteiger partial charge on any atom is -0.412 e. The topological polar surface area (TPSA) is 27.1 Å². The summed E-state index contributed by atoms with van der Waals surface area (Å²) in [5.74, 6) is 7.23. The van der Waals surface area contributed by atoms with Crippen LogP contribution >= 0.6 is 0 Å². The number of hydrogen-bond acceptors (Lipinski definition) is 2. The summed E-state index contributed by atoms with van der Waals surface area (Å²) in [6, 6.07) is 16.4. The molecule has 24 heavy (non-hydrogen) atoms. The lowest BCUT2D eigenvalue weighted by Gasteiger charge is -2.09. The van der Waals surface area contributed by atoms with E-state index in [4.69, 9.17) is 4.84 Å². The summed E-state index contributed by atoms with van der Waals surface area (Å²) in [7, 11) is 0. The molecule has 0 saturated carbocycles. The minimum atomic E-state index is 0.613. The summed E-state index contributed by atoms with van der Waals surface area (Å²) in [5.41, 5.74) is 4.30. The van der Waals surface area contributed by atoms with Crippen molar-refractivity contribution in [2.45, 2.75) is 33.1 Å². The highest BCUT2D eigenvalue weighted by Crippen LogP contribution is 2.14. The molecule has 1 aromatic heterocycles. The Balaban J connectivity index is 1.60. The minimum absolute atomic E-state index is 0.613. The lowest BCUT2D eigenvalue weighted by molar-refractivity contribution is 0.117. The molecule has 0 bridgehead atoms. The van der Waals surface area contributed by atoms with E-state index in [-0.39, 0.29) is 0 Å². The van der Waals surface area contributed by atoms with Gasteiger partial charge in [0.05, 0.1) is 5.52 Å². The van der Waals surface area contributed by atoms with Crippen molar-refractivity contribution < 1.29 is 4.84 Å². The van der Waals surface area contributed by atoms with E-state index in [1.54, 1.807) is 0 Å². The molecular weight excluding hydrogens is 296 g/mol. The molecule has 3 nitrogen and oxygen atoms in total. The summed E-state index contributed by atoms with van der Waals surface area (Å²) >= 11 is 0. The van der Waals surface area contributed by atoms with Crippen LogP contribution in [0.2, 0.25) is 0 Å². The molecule has 0 N–H and O–H groups in total. The Morgan fingerprint density at radius 2 is 1.88 bits per heavy atom. The number of imidazole rings is 1. The molecule has 0 aliphatic rings. The van der Waals surface area contributed by atoms with Gasteiger partial charge < -0.3 is 4.84 Å². The van der Waals surface area contributed by atoms with Crippen LogP contribution in [0, 0.1) is 18.8 Å². The highest BCUT2D eigenvalue weighted by Gasteiger charge is 2.07. The van der Waals surface area contributed by atoms with Gasteiger partial charge in [-0.15, -0.1) is 0 Å². The van der Waals surface area contributed by atoms with Gasteiger partial charge in [-0.3, -0.25) is 0 Å². The van der Waals surface area contributed by atoms with E-state index in [1.807, 2.05) is 35.9 Å². The first-order valence-corrected chi connectivity index (χ1v) is 8.43. The molecule has 0 fully saturated rings. The van der Waals surface area contributed by atoms with Crippen molar-refractivity contribution in [3.63, 3.8) is 0 Å². The Labute approximate surface area is 143 Å². The molecule has 0 radical (unpaired) electrons. The first-order valence-electron chi connectivity index (χ1n) is 8.43. The second-order valence-electron chi connectivity index (χ2n) is 5.77. The number of para-hydroxylation sites is 2. The molecule has 2 aromatic carbocycles. The third-order valence-electron chi connectivity index (χ3n) is 3.85. The van der Waals surface area contributed by atoms with Crippen molar-refractivity contribution >= 4 is 11.0 Å². The smallest absolute Gasteiger partial charge is 0.143 e. The highest BCUT2D eigenvalue weighted by atomic mass is 16.7. The maximum atomic E-state index is 5.93. The van der Waals surface area contributed by atoms with Crippen LogP contribution < -0.4 is 4.84 Å². The average Bonchev–Trinajstić information content (AvgIpc) is 2.92. The van der Waals surface area contributed by atoms with Gasteiger partial charge in [-0.25, -0.2) is 4.98 Å². The molecular formula is C21H22N2O. The molecule has 0 unspecified atom stereocenters. The monoisotopic (exact) mass is 318 g/mol. The van der Waals surface area contributed by atoms with Gasteiger partial charge in [-0.1, -0.05) is 43.0 Å². The Hall–Kier alpha value is -2.73. The summed E-state index contributed by atoms with van der Waals surface area (Å²) in [6.45, 7) is 4.72. The van der Waals surface area contributed by atoms with Crippen molar-refractivity contribution in [3.05, 3.63) is 65.5 Å². The Morgan fingerprint density at radius 1 is 1.08 bits per heavy atom. The summed E-state index contributed by atoms with van der Waals surface area (Å²) in [5, 5.41) is 0. The molecule has 0 amide bonds. The summed E-state index contributed by atoms with van der Waals surface area (Å²) in [6.07, 6.45) is 2.91. The fraction of sp³-hybridized carbons (Fsp3) is 0.286. The number of fused-ring (bicyclic) bond motifs is 1. The molecule has 3 aromatic rings. The van der Waals surface area contributed by atoms with Gasteiger partial charge in [0.1, 0.15) is 17.9 Å². The van der Waals surface area contributed by atoms with Gasteiger partial charge in [0.2, 0.25) is 0 Å². The summed E-state index contributed by atoms with van der Waals surface area (Å²) < 4.78 is 1.82. The second-order valence-corrected chi connectivity index (χ2v) is 5.77. The van der Waals surface area contributed by atoms with E-state index < -0.39 is 0 Å². The van der Waals surface area contributed by atoms with Gasteiger partial charge in [0, 0.05) is 18.4 Å². The lowest BCUT2D eigenvalue weighted by Crippen LogP contribution is -2.15. The van der Waals surface area contributed by atoms with Crippen molar-refractivity contribution in [3.8, 4) is 11.8 Å². The van der Waals surface area contributed by atoms with Gasteiger partial charge in [-0.05, 0) is 43.2 Å². The molecule has 3 rings (SSSR count). The van der Waals surface area contributed by atoms with Crippen LogP contribution in [0.5, 0.6) is 0 Å². The number of nitrogens with zero attached hydrogens (tertiary/aromatic N) is 2. The molecule has 1 heterocycles. The SMILES string of the molecule is CCCC#Cc1ccc(CCOn2c(C)nc3ccccc32)cc1. The third kappa shape index (κ3) is 3.78. The normalized spacial score (nSPS) is 10.4. The van der Waals surface area contributed by atoms with Crippen LogP contribution in [0.15, 0.2) is 48.5 Å². The zero-order valence-corrected chi connectivity index (χ0v) is 14.2. The predicted molar refractivity (Wildman–Crippen MR) is 97.8 cm³/mol. The van der Waals surface area contributed by atoms with E-state index in [1.165, 1.54) is 5.56 Å². The zero-order valence-electron chi connectivity index (χ0n) is 14.2. The predicted octanol–water partition coefficient (Wildman–Crippen LogP) is 4.17. The number of benzene rings is 2. The van der Waals surface area contributed by atoms with Crippen LogP contribution in [0.25, 0.3) is 11.0 Å². The van der Waals surface area contributed by atoms with E-state index in [0.717, 1.165) is 41.7 Å². The van der Waals surface area contributed by atoms with Crippen molar-refractivity contribution in [1.29, 1.82) is 0 Å². The number of aromatic nitrogens is 2. The fourth-order valence-electron chi connectivity index (χ4n) is 2.59. The fourth-order valence-corrected chi connectivity index (χ4v) is 2.59. The molecule has 0 aliphatic heterocycles. The molecule has 0 spiro atoms.